The van der Waals surface area contributed by atoms with Crippen LogP contribution in [0.2, 0.25) is 15.1 Å². The van der Waals surface area contributed by atoms with E-state index in [4.69, 9.17) is 34.8 Å². The van der Waals surface area contributed by atoms with Crippen molar-refractivity contribution < 1.29 is 9.59 Å². The fourth-order valence-corrected chi connectivity index (χ4v) is 5.11. The molecule has 34 heavy (non-hydrogen) atoms. The van der Waals surface area contributed by atoms with Crippen molar-refractivity contribution >= 4 is 69.8 Å². The van der Waals surface area contributed by atoms with Crippen LogP contribution in [0, 0.1) is 0 Å². The molecular formula is C26H21Cl3N2O2S. The molecule has 1 aliphatic heterocycles. The molecule has 8 heteroatoms. The highest BCUT2D eigenvalue weighted by Gasteiger charge is 2.40. The van der Waals surface area contributed by atoms with Gasteiger partial charge in [0.05, 0.1) is 5.69 Å². The van der Waals surface area contributed by atoms with Crippen LogP contribution in [-0.2, 0) is 16.0 Å². The summed E-state index contributed by atoms with van der Waals surface area (Å²) in [5, 5.41) is 4.49. The number of hydrogen-bond acceptors (Lipinski definition) is 4. The second-order valence-electron chi connectivity index (χ2n) is 7.76. The number of benzene rings is 3. The summed E-state index contributed by atoms with van der Waals surface area (Å²) in [7, 11) is 0. The Kier molecular flexibility index (Phi) is 7.89. The first kappa shape index (κ1) is 24.7. The first-order chi connectivity index (χ1) is 16.4. The molecule has 0 saturated heterocycles. The SMILES string of the molecule is CCCCc1ccc(N2C(=O)C(Nc3cc(Cl)cc(Cl)c3)=C(Sc3ccc(Cl)cc3)C2=O)cc1. The van der Waals surface area contributed by atoms with E-state index >= 15 is 0 Å². The minimum atomic E-state index is -0.445. The second kappa shape index (κ2) is 10.9. The lowest BCUT2D eigenvalue weighted by atomic mass is 10.1. The molecular weight excluding hydrogens is 511 g/mol. The molecule has 0 aliphatic carbocycles. The molecule has 1 heterocycles. The van der Waals surface area contributed by atoms with Crippen molar-refractivity contribution in [2.75, 3.05) is 10.2 Å². The normalized spacial score (nSPS) is 13.7. The van der Waals surface area contributed by atoms with Crippen molar-refractivity contribution in [3.8, 4) is 0 Å². The number of halogens is 3. The molecule has 0 aromatic heterocycles. The van der Waals surface area contributed by atoms with E-state index in [0.717, 1.165) is 24.2 Å². The maximum absolute atomic E-state index is 13.5. The Morgan fingerprint density at radius 3 is 2.09 bits per heavy atom. The van der Waals surface area contributed by atoms with Crippen LogP contribution in [0.15, 0.2) is 82.2 Å². The lowest BCUT2D eigenvalue weighted by molar-refractivity contribution is -0.120. The van der Waals surface area contributed by atoms with E-state index in [9.17, 15) is 9.59 Å². The van der Waals surface area contributed by atoms with Crippen LogP contribution < -0.4 is 10.2 Å². The smallest absolute Gasteiger partial charge is 0.283 e. The number of hydrogen-bond donors (Lipinski definition) is 1. The summed E-state index contributed by atoms with van der Waals surface area (Å²) in [6.07, 6.45) is 3.14. The molecule has 3 aromatic rings. The lowest BCUT2D eigenvalue weighted by Crippen LogP contribution is -2.32. The molecule has 4 nitrogen and oxygen atoms in total. The van der Waals surface area contributed by atoms with Crippen molar-refractivity contribution in [3.63, 3.8) is 0 Å². The van der Waals surface area contributed by atoms with Crippen LogP contribution in [0.3, 0.4) is 0 Å². The predicted octanol–water partition coefficient (Wildman–Crippen LogP) is 7.98. The highest BCUT2D eigenvalue weighted by atomic mass is 35.5. The number of anilines is 2. The Balaban J connectivity index is 1.69. The number of thioether (sulfide) groups is 1. The number of nitrogens with one attached hydrogen (secondary N) is 1. The molecule has 0 bridgehead atoms. The van der Waals surface area contributed by atoms with Crippen LogP contribution in [0.25, 0.3) is 0 Å². The van der Waals surface area contributed by atoms with Gasteiger partial charge in [0, 0.05) is 25.7 Å². The minimum Gasteiger partial charge on any atom is -0.350 e. The van der Waals surface area contributed by atoms with E-state index < -0.39 is 11.8 Å². The van der Waals surface area contributed by atoms with Gasteiger partial charge in [0.15, 0.2) is 0 Å². The third kappa shape index (κ3) is 5.61. The van der Waals surface area contributed by atoms with E-state index in [1.54, 1.807) is 42.5 Å². The van der Waals surface area contributed by atoms with Crippen molar-refractivity contribution in [2.24, 2.45) is 0 Å². The highest BCUT2D eigenvalue weighted by Crippen LogP contribution is 2.38. The summed E-state index contributed by atoms with van der Waals surface area (Å²) in [5.74, 6) is -0.847. The zero-order chi connectivity index (χ0) is 24.2. The predicted molar refractivity (Wildman–Crippen MR) is 142 cm³/mol. The van der Waals surface area contributed by atoms with Gasteiger partial charge in [0.1, 0.15) is 10.6 Å². The van der Waals surface area contributed by atoms with Gasteiger partial charge in [-0.1, -0.05) is 72.0 Å². The zero-order valence-corrected chi connectivity index (χ0v) is 21.4. The van der Waals surface area contributed by atoms with Crippen LogP contribution in [0.5, 0.6) is 0 Å². The largest absolute Gasteiger partial charge is 0.350 e. The van der Waals surface area contributed by atoms with E-state index in [1.165, 1.54) is 22.2 Å². The van der Waals surface area contributed by atoms with Gasteiger partial charge in [0.25, 0.3) is 11.8 Å². The fraction of sp³-hybridized carbons (Fsp3) is 0.154. The fourth-order valence-electron chi connectivity index (χ4n) is 3.53. The number of nitrogens with zero attached hydrogens (tertiary/aromatic N) is 1. The average molecular weight is 532 g/mol. The molecule has 0 fully saturated rings. The first-order valence-electron chi connectivity index (χ1n) is 10.7. The Hall–Kier alpha value is -2.44. The number of unbranched alkanes of at least 4 members (excludes halogenated alkanes) is 1. The van der Waals surface area contributed by atoms with E-state index in [-0.39, 0.29) is 10.6 Å². The third-order valence-corrected chi connectivity index (χ3v) is 7.00. The molecule has 3 aromatic carbocycles. The first-order valence-corrected chi connectivity index (χ1v) is 12.7. The summed E-state index contributed by atoms with van der Waals surface area (Å²) in [4.78, 5) is 29.2. The van der Waals surface area contributed by atoms with Gasteiger partial charge in [-0.3, -0.25) is 9.59 Å². The number of aryl methyl sites for hydroxylation is 1. The quantitative estimate of drug-likeness (QED) is 0.299. The van der Waals surface area contributed by atoms with Gasteiger partial charge in [-0.05, 0) is 73.0 Å². The molecule has 2 amide bonds. The van der Waals surface area contributed by atoms with Crippen LogP contribution in [-0.4, -0.2) is 11.8 Å². The number of imide groups is 1. The summed E-state index contributed by atoms with van der Waals surface area (Å²) < 4.78 is 0. The Bertz CT molecular complexity index is 1240. The molecule has 0 unspecified atom stereocenters. The average Bonchev–Trinajstić information content (AvgIpc) is 3.03. The summed E-state index contributed by atoms with van der Waals surface area (Å²) >= 11 is 19.5. The standard InChI is InChI=1S/C26H21Cl3N2O2S/c1-2-3-4-16-5-9-21(10-6-16)31-25(32)23(30-20-14-18(28)13-19(29)15-20)24(26(31)33)34-22-11-7-17(27)8-12-22/h5-15,30H,2-4H2,1H3. The van der Waals surface area contributed by atoms with Gasteiger partial charge < -0.3 is 5.32 Å². The molecule has 1 N–H and O–H groups in total. The Labute approximate surface area is 217 Å². The number of amides is 2. The monoisotopic (exact) mass is 530 g/mol. The molecule has 0 atom stereocenters. The summed E-state index contributed by atoms with van der Waals surface area (Å²) in [5.41, 5.74) is 2.36. The summed E-state index contributed by atoms with van der Waals surface area (Å²) in [6.45, 7) is 2.14. The molecule has 0 saturated carbocycles. The second-order valence-corrected chi connectivity index (χ2v) is 10.2. The van der Waals surface area contributed by atoms with E-state index in [0.29, 0.717) is 26.4 Å². The topological polar surface area (TPSA) is 49.4 Å². The van der Waals surface area contributed by atoms with Crippen molar-refractivity contribution in [1.82, 2.24) is 0 Å². The maximum atomic E-state index is 13.5. The van der Waals surface area contributed by atoms with Crippen molar-refractivity contribution in [3.05, 3.63) is 98.0 Å². The molecule has 0 radical (unpaired) electrons. The van der Waals surface area contributed by atoms with E-state index in [1.807, 2.05) is 24.3 Å². The van der Waals surface area contributed by atoms with Gasteiger partial charge in [-0.25, -0.2) is 4.90 Å². The van der Waals surface area contributed by atoms with Crippen molar-refractivity contribution in [2.45, 2.75) is 31.1 Å². The summed E-state index contributed by atoms with van der Waals surface area (Å²) in [6, 6.07) is 19.5. The van der Waals surface area contributed by atoms with Crippen LogP contribution in [0.4, 0.5) is 11.4 Å². The lowest BCUT2D eigenvalue weighted by Gasteiger charge is -2.16. The van der Waals surface area contributed by atoms with Crippen LogP contribution >= 0.6 is 46.6 Å². The van der Waals surface area contributed by atoms with Gasteiger partial charge in [0.2, 0.25) is 0 Å². The molecule has 1 aliphatic rings. The van der Waals surface area contributed by atoms with Crippen molar-refractivity contribution in [1.29, 1.82) is 0 Å². The highest BCUT2D eigenvalue weighted by molar-refractivity contribution is 8.04. The molecule has 0 spiro atoms. The van der Waals surface area contributed by atoms with Gasteiger partial charge in [-0.15, -0.1) is 0 Å². The Morgan fingerprint density at radius 1 is 0.824 bits per heavy atom. The van der Waals surface area contributed by atoms with E-state index in [2.05, 4.69) is 12.2 Å². The van der Waals surface area contributed by atoms with Crippen LogP contribution in [0.1, 0.15) is 25.3 Å². The Morgan fingerprint density at radius 2 is 1.47 bits per heavy atom. The van der Waals surface area contributed by atoms with Gasteiger partial charge >= 0.3 is 0 Å². The minimum absolute atomic E-state index is 0.165. The third-order valence-electron chi connectivity index (χ3n) is 5.22. The number of rotatable bonds is 8. The van der Waals surface area contributed by atoms with Gasteiger partial charge in [-0.2, -0.15) is 0 Å². The number of carbonyl (C=O) groups excluding carboxylic acids is 2. The maximum Gasteiger partial charge on any atom is 0.283 e. The molecule has 4 rings (SSSR count). The molecule has 174 valence electrons. The zero-order valence-electron chi connectivity index (χ0n) is 18.3. The number of carbonyl (C=O) groups is 2.